The Hall–Kier alpha value is -3.41. The van der Waals surface area contributed by atoms with Gasteiger partial charge in [-0.15, -0.1) is 0 Å². The highest BCUT2D eigenvalue weighted by molar-refractivity contribution is 5.86. The van der Waals surface area contributed by atoms with E-state index in [1.165, 1.54) is 12.4 Å². The van der Waals surface area contributed by atoms with Crippen molar-refractivity contribution < 1.29 is 14.6 Å². The molecule has 0 fully saturated rings. The van der Waals surface area contributed by atoms with Crippen LogP contribution in [0.25, 0.3) is 0 Å². The summed E-state index contributed by atoms with van der Waals surface area (Å²) in [5.41, 5.74) is 2.18. The van der Waals surface area contributed by atoms with Crippen LogP contribution in [0.2, 0.25) is 0 Å². The van der Waals surface area contributed by atoms with Crippen molar-refractivity contribution in [3.8, 4) is 5.75 Å². The summed E-state index contributed by atoms with van der Waals surface area (Å²) >= 11 is 0. The van der Waals surface area contributed by atoms with Crippen molar-refractivity contribution in [1.82, 2.24) is 9.97 Å². The van der Waals surface area contributed by atoms with E-state index >= 15 is 0 Å². The van der Waals surface area contributed by atoms with E-state index in [0.29, 0.717) is 19.1 Å². The number of carboxylic acid groups (broad SMARTS) is 1. The largest absolute Gasteiger partial charge is 0.489 e. The lowest BCUT2D eigenvalue weighted by molar-refractivity contribution is 0.0696. The fourth-order valence-electron chi connectivity index (χ4n) is 2.20. The van der Waals surface area contributed by atoms with Gasteiger partial charge < -0.3 is 15.2 Å². The average Bonchev–Trinajstić information content (AvgIpc) is 2.66. The molecule has 0 spiro atoms. The smallest absolute Gasteiger partial charge is 0.338 e. The van der Waals surface area contributed by atoms with Gasteiger partial charge in [-0.25, -0.2) is 14.8 Å². The molecule has 3 rings (SSSR count). The number of carboxylic acids is 1. The lowest BCUT2D eigenvalue weighted by Crippen LogP contribution is -2.06. The van der Waals surface area contributed by atoms with E-state index < -0.39 is 5.97 Å². The third-order valence-corrected chi connectivity index (χ3v) is 3.50. The zero-order chi connectivity index (χ0) is 17.5. The maximum atomic E-state index is 10.8. The van der Waals surface area contributed by atoms with Crippen LogP contribution in [0.15, 0.2) is 67.0 Å². The molecule has 2 N–H and O–H groups in total. The molecule has 126 valence electrons. The van der Waals surface area contributed by atoms with Gasteiger partial charge in [0, 0.05) is 18.9 Å². The second kappa shape index (κ2) is 7.92. The van der Waals surface area contributed by atoms with Gasteiger partial charge in [0.05, 0.1) is 5.56 Å². The van der Waals surface area contributed by atoms with Crippen LogP contribution < -0.4 is 10.1 Å². The van der Waals surface area contributed by atoms with Crippen molar-refractivity contribution in [3.05, 3.63) is 83.7 Å². The van der Waals surface area contributed by atoms with Gasteiger partial charge in [0.1, 0.15) is 12.4 Å². The molecule has 0 saturated heterocycles. The van der Waals surface area contributed by atoms with E-state index in [-0.39, 0.29) is 5.56 Å². The number of rotatable bonds is 7. The molecule has 0 aliphatic carbocycles. The Morgan fingerprint density at radius 1 is 1.00 bits per heavy atom. The summed E-state index contributed by atoms with van der Waals surface area (Å²) in [5.74, 6) is 0.112. The Morgan fingerprint density at radius 3 is 2.44 bits per heavy atom. The molecule has 0 unspecified atom stereocenters. The van der Waals surface area contributed by atoms with Gasteiger partial charge in [-0.3, -0.25) is 0 Å². The Morgan fingerprint density at radius 2 is 1.72 bits per heavy atom. The Kier molecular flexibility index (Phi) is 5.21. The molecule has 0 radical (unpaired) electrons. The first-order valence-electron chi connectivity index (χ1n) is 7.75. The molecule has 25 heavy (non-hydrogen) atoms. The molecule has 1 aromatic heterocycles. The molecule has 1 heterocycles. The summed E-state index contributed by atoms with van der Waals surface area (Å²) in [6.45, 7) is 1.02. The van der Waals surface area contributed by atoms with Gasteiger partial charge in [-0.05, 0) is 23.3 Å². The van der Waals surface area contributed by atoms with Gasteiger partial charge in [0.25, 0.3) is 0 Å². The zero-order valence-corrected chi connectivity index (χ0v) is 13.4. The molecule has 0 aliphatic heterocycles. The molecular weight excluding hydrogens is 318 g/mol. The first-order chi connectivity index (χ1) is 12.2. The number of hydrogen-bond donors (Lipinski definition) is 2. The maximum Gasteiger partial charge on any atom is 0.338 e. The number of nitrogens with one attached hydrogen (secondary N) is 1. The number of anilines is 1. The summed E-state index contributed by atoms with van der Waals surface area (Å²) in [7, 11) is 0. The molecule has 0 atom stereocenters. The predicted molar refractivity (Wildman–Crippen MR) is 93.5 cm³/mol. The van der Waals surface area contributed by atoms with E-state index in [1.54, 1.807) is 0 Å². The maximum absolute atomic E-state index is 10.8. The second-order valence-corrected chi connectivity index (χ2v) is 5.38. The SMILES string of the molecule is O=C(O)c1cnc(NCc2cccc(OCc3ccccc3)c2)nc1. The van der Waals surface area contributed by atoms with Gasteiger partial charge in [-0.1, -0.05) is 42.5 Å². The Balaban J connectivity index is 1.57. The molecule has 2 aromatic carbocycles. The highest BCUT2D eigenvalue weighted by Gasteiger charge is 2.04. The summed E-state index contributed by atoms with van der Waals surface area (Å²) in [6, 6.07) is 17.7. The van der Waals surface area contributed by atoms with Crippen LogP contribution in [-0.4, -0.2) is 21.0 Å². The number of hydrogen-bond acceptors (Lipinski definition) is 5. The minimum atomic E-state index is -1.05. The van der Waals surface area contributed by atoms with Gasteiger partial charge in [-0.2, -0.15) is 0 Å². The molecule has 6 nitrogen and oxygen atoms in total. The molecular formula is C19H17N3O3. The van der Waals surface area contributed by atoms with E-state index in [1.807, 2.05) is 54.6 Å². The number of benzene rings is 2. The fourth-order valence-corrected chi connectivity index (χ4v) is 2.20. The van der Waals surface area contributed by atoms with Crippen LogP contribution in [0.4, 0.5) is 5.95 Å². The number of nitrogens with zero attached hydrogens (tertiary/aromatic N) is 2. The van der Waals surface area contributed by atoms with Crippen molar-refractivity contribution in [2.75, 3.05) is 5.32 Å². The average molecular weight is 335 g/mol. The monoisotopic (exact) mass is 335 g/mol. The van der Waals surface area contributed by atoms with Crippen molar-refractivity contribution in [2.24, 2.45) is 0 Å². The number of aromatic carboxylic acids is 1. The van der Waals surface area contributed by atoms with E-state index in [2.05, 4.69) is 15.3 Å². The van der Waals surface area contributed by atoms with Crippen LogP contribution in [0.5, 0.6) is 5.75 Å². The summed E-state index contributed by atoms with van der Waals surface area (Å²) < 4.78 is 5.80. The van der Waals surface area contributed by atoms with Crippen LogP contribution in [-0.2, 0) is 13.2 Å². The van der Waals surface area contributed by atoms with Gasteiger partial charge >= 0.3 is 5.97 Å². The summed E-state index contributed by atoms with van der Waals surface area (Å²) in [5, 5.41) is 11.9. The third-order valence-electron chi connectivity index (χ3n) is 3.50. The number of ether oxygens (including phenoxy) is 1. The molecule has 6 heteroatoms. The van der Waals surface area contributed by atoms with Crippen LogP contribution in [0.1, 0.15) is 21.5 Å². The van der Waals surface area contributed by atoms with Crippen molar-refractivity contribution in [3.63, 3.8) is 0 Å². The van der Waals surface area contributed by atoms with E-state index in [0.717, 1.165) is 16.9 Å². The van der Waals surface area contributed by atoms with Gasteiger partial charge in [0.15, 0.2) is 0 Å². The third kappa shape index (κ3) is 4.78. The summed E-state index contributed by atoms with van der Waals surface area (Å²) in [4.78, 5) is 18.7. The molecule has 0 aliphatic rings. The lowest BCUT2D eigenvalue weighted by Gasteiger charge is -2.09. The van der Waals surface area contributed by atoms with E-state index in [4.69, 9.17) is 9.84 Å². The van der Waals surface area contributed by atoms with Gasteiger partial charge in [0.2, 0.25) is 5.95 Å². The first-order valence-corrected chi connectivity index (χ1v) is 7.75. The lowest BCUT2D eigenvalue weighted by atomic mass is 10.2. The number of carbonyl (C=O) groups is 1. The quantitative estimate of drug-likeness (QED) is 0.689. The van der Waals surface area contributed by atoms with Crippen LogP contribution >= 0.6 is 0 Å². The Labute approximate surface area is 145 Å². The van der Waals surface area contributed by atoms with E-state index in [9.17, 15) is 4.79 Å². The predicted octanol–water partition coefficient (Wildman–Crippen LogP) is 3.37. The fraction of sp³-hybridized carbons (Fsp3) is 0.105. The molecule has 3 aromatic rings. The molecule has 0 amide bonds. The highest BCUT2D eigenvalue weighted by atomic mass is 16.5. The standard InChI is InChI=1S/C19H17N3O3/c23-18(24)16-11-21-19(22-12-16)20-10-15-7-4-8-17(9-15)25-13-14-5-2-1-3-6-14/h1-9,11-12H,10,13H2,(H,23,24)(H,20,21,22). The zero-order valence-electron chi connectivity index (χ0n) is 13.4. The van der Waals surface area contributed by atoms with Crippen LogP contribution in [0.3, 0.4) is 0 Å². The van der Waals surface area contributed by atoms with Crippen molar-refractivity contribution in [2.45, 2.75) is 13.2 Å². The van der Waals surface area contributed by atoms with Crippen molar-refractivity contribution >= 4 is 11.9 Å². The minimum Gasteiger partial charge on any atom is -0.489 e. The van der Waals surface area contributed by atoms with Crippen molar-refractivity contribution in [1.29, 1.82) is 0 Å². The molecule has 0 saturated carbocycles. The Bertz CT molecular complexity index is 836. The minimum absolute atomic E-state index is 0.0573. The number of aromatic nitrogens is 2. The topological polar surface area (TPSA) is 84.3 Å². The normalized spacial score (nSPS) is 10.2. The van der Waals surface area contributed by atoms with Crippen LogP contribution in [0, 0.1) is 0 Å². The molecule has 0 bridgehead atoms. The summed E-state index contributed by atoms with van der Waals surface area (Å²) in [6.07, 6.45) is 2.55. The first kappa shape index (κ1) is 16.4. The second-order valence-electron chi connectivity index (χ2n) is 5.38. The highest BCUT2D eigenvalue weighted by Crippen LogP contribution is 2.16.